The van der Waals surface area contributed by atoms with Gasteiger partial charge in [-0.1, -0.05) is 24.3 Å². The lowest BCUT2D eigenvalue weighted by atomic mass is 9.84. The van der Waals surface area contributed by atoms with Gasteiger partial charge in [-0.2, -0.15) is 0 Å². The van der Waals surface area contributed by atoms with Crippen LogP contribution >= 0.6 is 0 Å². The van der Waals surface area contributed by atoms with E-state index in [1.807, 2.05) is 12.2 Å². The molecule has 0 radical (unpaired) electrons. The maximum atomic E-state index is 6.70. The second-order valence-corrected chi connectivity index (χ2v) is 12.8. The predicted molar refractivity (Wildman–Crippen MR) is 94.4 cm³/mol. The van der Waals surface area contributed by atoms with Gasteiger partial charge in [-0.15, -0.1) is 13.2 Å². The van der Waals surface area contributed by atoms with Crippen LogP contribution in [0.5, 0.6) is 0 Å². The number of fused-ring (bicyclic) bond motifs is 4. The van der Waals surface area contributed by atoms with E-state index < -0.39 is 8.32 Å². The van der Waals surface area contributed by atoms with Crippen LogP contribution in [0.3, 0.4) is 0 Å². The molecule has 1 saturated carbocycles. The lowest BCUT2D eigenvalue weighted by Crippen LogP contribution is -2.51. The second kappa shape index (κ2) is 5.18. The van der Waals surface area contributed by atoms with Crippen molar-refractivity contribution in [2.75, 3.05) is 0 Å². The lowest BCUT2D eigenvalue weighted by molar-refractivity contribution is -0.164. The van der Waals surface area contributed by atoms with E-state index in [4.69, 9.17) is 9.16 Å². The molecule has 2 unspecified atom stereocenters. The first kappa shape index (κ1) is 16.2. The van der Waals surface area contributed by atoms with Crippen molar-refractivity contribution in [3.05, 3.63) is 37.5 Å². The van der Waals surface area contributed by atoms with Crippen molar-refractivity contribution in [2.45, 2.75) is 75.0 Å². The van der Waals surface area contributed by atoms with Crippen LogP contribution in [0.4, 0.5) is 0 Å². The summed E-state index contributed by atoms with van der Waals surface area (Å²) in [7, 11) is -1.56. The monoisotopic (exact) mass is 318 g/mol. The molecule has 2 aliphatic heterocycles. The highest BCUT2D eigenvalue weighted by Crippen LogP contribution is 2.68. The van der Waals surface area contributed by atoms with Gasteiger partial charge in [0.25, 0.3) is 0 Å². The first-order chi connectivity index (χ1) is 10.3. The molecule has 122 valence electrons. The summed E-state index contributed by atoms with van der Waals surface area (Å²) in [6, 6.07) is 0. The molecule has 3 aliphatic rings. The summed E-state index contributed by atoms with van der Waals surface area (Å²) in [5.74, 6) is 0.530. The maximum Gasteiger partial charge on any atom is 0.184 e. The molecule has 0 aromatic carbocycles. The van der Waals surface area contributed by atoms with Crippen molar-refractivity contribution >= 4 is 8.32 Å². The minimum absolute atomic E-state index is 0.0640. The molecule has 2 fully saturated rings. The predicted octanol–water partition coefficient (Wildman–Crippen LogP) is 5.00. The van der Waals surface area contributed by atoms with Gasteiger partial charge >= 0.3 is 0 Å². The van der Waals surface area contributed by atoms with Crippen molar-refractivity contribution in [1.82, 2.24) is 0 Å². The first-order valence-electron chi connectivity index (χ1n) is 8.61. The molecule has 0 amide bonds. The molecule has 2 heterocycles. The number of hydrogen-bond acceptors (Lipinski definition) is 2. The molecule has 3 heteroatoms. The largest absolute Gasteiger partial charge is 0.412 e. The third-order valence-corrected chi connectivity index (χ3v) is 6.31. The van der Waals surface area contributed by atoms with Gasteiger partial charge in [-0.25, -0.2) is 0 Å². The number of hydrogen-bond donors (Lipinski definition) is 0. The van der Waals surface area contributed by atoms with E-state index in [0.717, 1.165) is 38.5 Å². The van der Waals surface area contributed by atoms with Crippen molar-refractivity contribution in [3.8, 4) is 0 Å². The third kappa shape index (κ3) is 2.68. The summed E-state index contributed by atoms with van der Waals surface area (Å²) < 4.78 is 13.4. The average molecular weight is 319 g/mol. The van der Waals surface area contributed by atoms with E-state index in [2.05, 4.69) is 45.0 Å². The number of ether oxygens (including phenoxy) is 1. The van der Waals surface area contributed by atoms with Gasteiger partial charge in [-0.3, -0.25) is 0 Å². The molecule has 4 atom stereocenters. The zero-order valence-electron chi connectivity index (χ0n) is 14.4. The first-order valence-corrected chi connectivity index (χ1v) is 12.0. The molecule has 2 nitrogen and oxygen atoms in total. The Bertz CT molecular complexity index is 506. The molecule has 0 aromatic heterocycles. The average Bonchev–Trinajstić information content (AvgIpc) is 3.02. The summed E-state index contributed by atoms with van der Waals surface area (Å²) in [4.78, 5) is 0. The molecule has 0 aromatic rings. The van der Waals surface area contributed by atoms with E-state index in [0.29, 0.717) is 5.92 Å². The third-order valence-electron chi connectivity index (χ3n) is 5.30. The van der Waals surface area contributed by atoms with Gasteiger partial charge in [0.05, 0.1) is 16.8 Å². The zero-order valence-corrected chi connectivity index (χ0v) is 15.4. The van der Waals surface area contributed by atoms with Gasteiger partial charge in [-0.05, 0) is 51.7 Å². The molecule has 0 N–H and O–H groups in total. The van der Waals surface area contributed by atoms with Crippen LogP contribution in [-0.4, -0.2) is 25.1 Å². The fourth-order valence-corrected chi connectivity index (χ4v) is 6.11. The second-order valence-electron chi connectivity index (χ2n) is 8.32. The molecular weight excluding hydrogens is 288 g/mol. The Hall–Kier alpha value is -0.643. The van der Waals surface area contributed by atoms with Gasteiger partial charge < -0.3 is 9.16 Å². The molecule has 22 heavy (non-hydrogen) atoms. The minimum atomic E-state index is -1.56. The minimum Gasteiger partial charge on any atom is -0.412 e. The van der Waals surface area contributed by atoms with Crippen molar-refractivity contribution < 1.29 is 9.16 Å². The van der Waals surface area contributed by atoms with Crippen molar-refractivity contribution in [3.63, 3.8) is 0 Å². The van der Waals surface area contributed by atoms with Crippen LogP contribution in [-0.2, 0) is 9.16 Å². The van der Waals surface area contributed by atoms with Gasteiger partial charge in [0.1, 0.15) is 0 Å². The van der Waals surface area contributed by atoms with E-state index in [1.165, 1.54) is 0 Å². The quantitative estimate of drug-likeness (QED) is 0.463. The fraction of sp³-hybridized carbons (Fsp3) is 0.684. The molecule has 2 bridgehead atoms. The van der Waals surface area contributed by atoms with Crippen molar-refractivity contribution in [2.24, 2.45) is 5.92 Å². The summed E-state index contributed by atoms with van der Waals surface area (Å²) in [5.41, 5.74) is -0.191. The van der Waals surface area contributed by atoms with Gasteiger partial charge in [0.2, 0.25) is 0 Å². The fourth-order valence-electron chi connectivity index (χ4n) is 4.59. The molecular formula is C19H30O2Si. The van der Waals surface area contributed by atoms with E-state index >= 15 is 0 Å². The maximum absolute atomic E-state index is 6.70. The Kier molecular flexibility index (Phi) is 3.82. The Labute approximate surface area is 136 Å². The number of allylic oxidation sites excluding steroid dienone is 2. The van der Waals surface area contributed by atoms with Crippen LogP contribution in [0, 0.1) is 5.92 Å². The lowest BCUT2D eigenvalue weighted by Gasteiger charge is -2.45. The topological polar surface area (TPSA) is 18.5 Å². The summed E-state index contributed by atoms with van der Waals surface area (Å²) in [6.45, 7) is 14.7. The highest BCUT2D eigenvalue weighted by molar-refractivity contribution is 6.69. The van der Waals surface area contributed by atoms with Crippen LogP contribution in [0.1, 0.15) is 38.5 Å². The zero-order chi connectivity index (χ0) is 16.1. The summed E-state index contributed by atoms with van der Waals surface area (Å²) in [5, 5.41) is 0. The molecule has 1 saturated heterocycles. The highest BCUT2D eigenvalue weighted by atomic mass is 28.4. The van der Waals surface area contributed by atoms with Crippen molar-refractivity contribution in [1.29, 1.82) is 0 Å². The smallest absolute Gasteiger partial charge is 0.184 e. The normalized spacial score (nSPS) is 42.0. The Morgan fingerprint density at radius 1 is 1.18 bits per heavy atom. The summed E-state index contributed by atoms with van der Waals surface area (Å²) >= 11 is 0. The van der Waals surface area contributed by atoms with E-state index in [-0.39, 0.29) is 16.8 Å². The molecule has 3 rings (SSSR count). The SMILES string of the molecule is C=CCC[C@@]12C=C[C@@](CCC=C)(O1)C1CC1(O[Si](C)(C)C)C2. The Morgan fingerprint density at radius 2 is 1.86 bits per heavy atom. The summed E-state index contributed by atoms with van der Waals surface area (Å²) in [6.07, 6.45) is 14.9. The Balaban J connectivity index is 1.86. The van der Waals surface area contributed by atoms with Gasteiger partial charge in [0, 0.05) is 12.3 Å². The van der Waals surface area contributed by atoms with Gasteiger partial charge in [0.15, 0.2) is 8.32 Å². The Morgan fingerprint density at radius 3 is 2.50 bits per heavy atom. The molecule has 0 spiro atoms. The highest BCUT2D eigenvalue weighted by Gasteiger charge is 2.73. The molecule has 1 aliphatic carbocycles. The van der Waals surface area contributed by atoms with Crippen LogP contribution in [0.15, 0.2) is 37.5 Å². The van der Waals surface area contributed by atoms with Crippen LogP contribution < -0.4 is 0 Å². The number of rotatable bonds is 8. The van der Waals surface area contributed by atoms with Crippen LogP contribution in [0.2, 0.25) is 19.6 Å². The van der Waals surface area contributed by atoms with E-state index in [1.54, 1.807) is 0 Å². The van der Waals surface area contributed by atoms with E-state index in [9.17, 15) is 0 Å². The standard InChI is InChI=1S/C19H30O2Si/c1-6-8-10-17-12-13-18(20-17,11-9-7-2)16-14-19(16,15-17)21-22(3,4)5/h6-7,12-13,16H,1-2,8-11,14-15H2,3-5H3/t16?,17-,18+,19?/m0/s1. The van der Waals surface area contributed by atoms with Crippen LogP contribution in [0.25, 0.3) is 0 Å².